The Morgan fingerprint density at radius 3 is 2.62 bits per heavy atom. The number of thiazole rings is 1. The molecular weight excluding hydrogens is 457 g/mol. The van der Waals surface area contributed by atoms with Crippen LogP contribution in [0.3, 0.4) is 0 Å². The molecule has 9 heteroatoms. The third kappa shape index (κ3) is 5.36. The van der Waals surface area contributed by atoms with E-state index in [1.165, 1.54) is 11.1 Å². The van der Waals surface area contributed by atoms with E-state index in [-0.39, 0.29) is 5.13 Å². The van der Waals surface area contributed by atoms with Gasteiger partial charge >= 0.3 is 6.18 Å². The molecule has 1 aliphatic rings. The Labute approximate surface area is 194 Å². The fourth-order valence-electron chi connectivity index (χ4n) is 3.66. The van der Waals surface area contributed by atoms with Crippen molar-refractivity contribution in [3.05, 3.63) is 63.5 Å². The predicted octanol–water partition coefficient (Wildman–Crippen LogP) is 6.13. The topological polar surface area (TPSA) is 49.0 Å². The lowest BCUT2D eigenvalue weighted by atomic mass is 10.0. The summed E-state index contributed by atoms with van der Waals surface area (Å²) < 4.78 is 38.2. The van der Waals surface area contributed by atoms with Crippen molar-refractivity contribution in [1.29, 1.82) is 0 Å². The van der Waals surface area contributed by atoms with Crippen molar-refractivity contribution in [3.63, 3.8) is 0 Å². The average Bonchev–Trinajstić information content (AvgIpc) is 3.09. The van der Waals surface area contributed by atoms with Gasteiger partial charge in [-0.25, -0.2) is 4.98 Å². The first-order chi connectivity index (χ1) is 15.3. The zero-order chi connectivity index (χ0) is 22.7. The molecule has 0 bridgehead atoms. The van der Waals surface area contributed by atoms with Crippen molar-refractivity contribution in [2.45, 2.75) is 38.5 Å². The van der Waals surface area contributed by atoms with E-state index >= 15 is 0 Å². The van der Waals surface area contributed by atoms with Crippen LogP contribution in [0.2, 0.25) is 5.02 Å². The van der Waals surface area contributed by atoms with Gasteiger partial charge in [-0.05, 0) is 55.6 Å². The number of aromatic nitrogens is 1. The molecule has 0 aliphatic carbocycles. The van der Waals surface area contributed by atoms with Gasteiger partial charge in [0.05, 0.1) is 16.4 Å². The van der Waals surface area contributed by atoms with Crippen LogP contribution in [-0.2, 0) is 19.4 Å². The lowest BCUT2D eigenvalue weighted by Crippen LogP contribution is -2.32. The molecule has 3 N–H and O–H groups in total. The molecule has 1 aromatic heterocycles. The van der Waals surface area contributed by atoms with Crippen molar-refractivity contribution in [1.82, 2.24) is 10.3 Å². The number of alkyl halides is 3. The SMILES string of the molecule is C[C@@H](Nc1nc(-c2ccc(CNc3c(Cl)ccc4c3CCNCC4)cc2)cs1)C(F)(F)F. The molecule has 4 rings (SSSR count). The van der Waals surface area contributed by atoms with Crippen LogP contribution in [0, 0.1) is 0 Å². The summed E-state index contributed by atoms with van der Waals surface area (Å²) in [5.74, 6) is 0. The highest BCUT2D eigenvalue weighted by molar-refractivity contribution is 7.14. The quantitative estimate of drug-likeness (QED) is 0.397. The van der Waals surface area contributed by atoms with Crippen LogP contribution in [-0.4, -0.2) is 30.3 Å². The number of rotatable bonds is 6. The highest BCUT2D eigenvalue weighted by Crippen LogP contribution is 2.32. The van der Waals surface area contributed by atoms with Crippen molar-refractivity contribution < 1.29 is 13.2 Å². The van der Waals surface area contributed by atoms with Crippen LogP contribution < -0.4 is 16.0 Å². The Morgan fingerprint density at radius 2 is 1.88 bits per heavy atom. The van der Waals surface area contributed by atoms with Gasteiger partial charge in [0.15, 0.2) is 5.13 Å². The van der Waals surface area contributed by atoms with E-state index in [4.69, 9.17) is 11.6 Å². The minimum atomic E-state index is -4.31. The molecule has 0 unspecified atom stereocenters. The number of nitrogens with zero attached hydrogens (tertiary/aromatic N) is 1. The van der Waals surface area contributed by atoms with Gasteiger partial charge < -0.3 is 16.0 Å². The van der Waals surface area contributed by atoms with Crippen LogP contribution in [0.4, 0.5) is 24.0 Å². The molecule has 0 spiro atoms. The first-order valence-electron chi connectivity index (χ1n) is 10.4. The molecule has 170 valence electrons. The fourth-order valence-corrected chi connectivity index (χ4v) is 4.71. The maximum Gasteiger partial charge on any atom is 0.408 e. The zero-order valence-electron chi connectivity index (χ0n) is 17.5. The van der Waals surface area contributed by atoms with Gasteiger partial charge in [0.1, 0.15) is 6.04 Å². The number of hydrogen-bond donors (Lipinski definition) is 3. The van der Waals surface area contributed by atoms with E-state index in [1.807, 2.05) is 30.3 Å². The summed E-state index contributed by atoms with van der Waals surface area (Å²) in [4.78, 5) is 4.29. The van der Waals surface area contributed by atoms with Crippen LogP contribution in [0.1, 0.15) is 23.6 Å². The molecule has 0 amide bonds. The van der Waals surface area contributed by atoms with Crippen molar-refractivity contribution >= 4 is 33.8 Å². The normalized spacial score (nSPS) is 15.0. The summed E-state index contributed by atoms with van der Waals surface area (Å²) in [5.41, 5.74) is 6.17. The van der Waals surface area contributed by atoms with Gasteiger partial charge in [-0.15, -0.1) is 11.3 Å². The molecule has 2 aromatic carbocycles. The monoisotopic (exact) mass is 480 g/mol. The third-order valence-corrected chi connectivity index (χ3v) is 6.62. The number of halogens is 4. The number of hydrogen-bond acceptors (Lipinski definition) is 5. The third-order valence-electron chi connectivity index (χ3n) is 5.54. The molecule has 3 aromatic rings. The van der Waals surface area contributed by atoms with E-state index in [1.54, 1.807) is 5.38 Å². The van der Waals surface area contributed by atoms with Gasteiger partial charge in [-0.3, -0.25) is 0 Å². The molecule has 4 nitrogen and oxygen atoms in total. The first-order valence-corrected chi connectivity index (χ1v) is 11.7. The Hall–Kier alpha value is -2.29. The Balaban J connectivity index is 1.42. The lowest BCUT2D eigenvalue weighted by Gasteiger charge is -2.16. The van der Waals surface area contributed by atoms with Crippen molar-refractivity contribution in [2.24, 2.45) is 0 Å². The molecule has 0 fully saturated rings. The van der Waals surface area contributed by atoms with Gasteiger partial charge in [-0.2, -0.15) is 13.2 Å². The zero-order valence-corrected chi connectivity index (χ0v) is 19.1. The summed E-state index contributed by atoms with van der Waals surface area (Å²) in [6.07, 6.45) is -2.39. The Kier molecular flexibility index (Phi) is 6.93. The molecular formula is C23H24ClF3N4S. The van der Waals surface area contributed by atoms with Gasteiger partial charge in [0, 0.05) is 17.5 Å². The predicted molar refractivity (Wildman–Crippen MR) is 126 cm³/mol. The highest BCUT2D eigenvalue weighted by atomic mass is 35.5. The van der Waals surface area contributed by atoms with E-state index in [0.717, 1.165) is 66.0 Å². The van der Waals surface area contributed by atoms with Crippen molar-refractivity contribution in [2.75, 3.05) is 23.7 Å². The second-order valence-corrected chi connectivity index (χ2v) is 9.07. The lowest BCUT2D eigenvalue weighted by molar-refractivity contribution is -0.138. The molecule has 1 aliphatic heterocycles. The number of fused-ring (bicyclic) bond motifs is 1. The van der Waals surface area contributed by atoms with Crippen LogP contribution in [0.15, 0.2) is 41.8 Å². The molecule has 0 saturated heterocycles. The van der Waals surface area contributed by atoms with E-state index < -0.39 is 12.2 Å². The largest absolute Gasteiger partial charge is 0.408 e. The smallest absolute Gasteiger partial charge is 0.380 e. The highest BCUT2D eigenvalue weighted by Gasteiger charge is 2.36. The Bertz CT molecular complexity index is 1070. The van der Waals surface area contributed by atoms with E-state index in [9.17, 15) is 13.2 Å². The second-order valence-electron chi connectivity index (χ2n) is 7.81. The van der Waals surface area contributed by atoms with E-state index in [0.29, 0.717) is 12.2 Å². The van der Waals surface area contributed by atoms with Crippen LogP contribution in [0.25, 0.3) is 11.3 Å². The molecule has 0 saturated carbocycles. The van der Waals surface area contributed by atoms with Crippen molar-refractivity contribution in [3.8, 4) is 11.3 Å². The second kappa shape index (κ2) is 9.68. The minimum Gasteiger partial charge on any atom is -0.380 e. The molecule has 1 atom stereocenters. The summed E-state index contributed by atoms with van der Waals surface area (Å²) in [6.45, 7) is 3.61. The van der Waals surface area contributed by atoms with E-state index in [2.05, 4.69) is 27.0 Å². The van der Waals surface area contributed by atoms with Crippen LogP contribution in [0.5, 0.6) is 0 Å². The minimum absolute atomic E-state index is 0.254. The summed E-state index contributed by atoms with van der Waals surface area (Å²) in [7, 11) is 0. The first kappa shape index (κ1) is 22.9. The maximum atomic E-state index is 12.7. The summed E-state index contributed by atoms with van der Waals surface area (Å²) in [6, 6.07) is 10.3. The average molecular weight is 481 g/mol. The Morgan fingerprint density at radius 1 is 1.12 bits per heavy atom. The summed E-state index contributed by atoms with van der Waals surface area (Å²) in [5, 5.41) is 12.1. The fraction of sp³-hybridized carbons (Fsp3) is 0.348. The van der Waals surface area contributed by atoms with Gasteiger partial charge in [0.2, 0.25) is 0 Å². The van der Waals surface area contributed by atoms with Crippen LogP contribution >= 0.6 is 22.9 Å². The number of nitrogens with one attached hydrogen (secondary N) is 3. The maximum absolute atomic E-state index is 12.7. The standard InChI is InChI=1S/C23H24ClF3N4S/c1-14(23(25,26)27)30-22-31-20(13-32-22)17-4-2-15(3-5-17)12-29-21-18-9-11-28-10-8-16(18)6-7-19(21)24/h2-7,13-14,28-29H,8-12H2,1H3,(H,30,31)/t14-/m1/s1. The summed E-state index contributed by atoms with van der Waals surface area (Å²) >= 11 is 7.65. The number of benzene rings is 2. The number of anilines is 2. The van der Waals surface area contributed by atoms with Gasteiger partial charge in [-0.1, -0.05) is 41.9 Å². The molecule has 32 heavy (non-hydrogen) atoms. The molecule has 0 radical (unpaired) electrons. The van der Waals surface area contributed by atoms with Gasteiger partial charge in [0.25, 0.3) is 0 Å². The molecule has 2 heterocycles.